The second kappa shape index (κ2) is 6.23. The minimum absolute atomic E-state index is 0.0719. The molecule has 1 aromatic carbocycles. The van der Waals surface area contributed by atoms with E-state index in [2.05, 4.69) is 10.6 Å². The van der Waals surface area contributed by atoms with Crippen LogP contribution in [0.3, 0.4) is 0 Å². The van der Waals surface area contributed by atoms with E-state index in [1.54, 1.807) is 6.07 Å². The number of methoxy groups -OCH3 is 1. The summed E-state index contributed by atoms with van der Waals surface area (Å²) in [6.45, 7) is 2.80. The third kappa shape index (κ3) is 4.11. The molecule has 110 valence electrons. The Labute approximate surface area is 115 Å². The highest BCUT2D eigenvalue weighted by molar-refractivity contribution is 5.85. The Bertz CT molecular complexity index is 517. The Morgan fingerprint density at radius 2 is 2.05 bits per heavy atom. The molecule has 7 heteroatoms. The Balaban J connectivity index is 2.57. The third-order valence-electron chi connectivity index (χ3n) is 2.63. The van der Waals surface area contributed by atoms with Crippen LogP contribution in [-0.4, -0.2) is 29.8 Å². The molecule has 0 atom stereocenters. The van der Waals surface area contributed by atoms with Crippen LogP contribution in [0.25, 0.3) is 0 Å². The highest BCUT2D eigenvalue weighted by Gasteiger charge is 2.28. The quantitative estimate of drug-likeness (QED) is 0.764. The summed E-state index contributed by atoms with van der Waals surface area (Å²) in [6, 6.07) is 3.64. The van der Waals surface area contributed by atoms with E-state index in [9.17, 15) is 14.0 Å². The zero-order valence-corrected chi connectivity index (χ0v) is 11.5. The van der Waals surface area contributed by atoms with Gasteiger partial charge in [-0.2, -0.15) is 0 Å². The lowest BCUT2D eigenvalue weighted by Crippen LogP contribution is -2.52. The summed E-state index contributed by atoms with van der Waals surface area (Å²) in [5.41, 5.74) is -0.846. The van der Waals surface area contributed by atoms with Crippen molar-refractivity contribution in [2.24, 2.45) is 0 Å². The van der Waals surface area contributed by atoms with Crippen molar-refractivity contribution in [1.29, 1.82) is 0 Å². The van der Waals surface area contributed by atoms with E-state index in [0.29, 0.717) is 5.56 Å². The molecule has 0 radical (unpaired) electrons. The van der Waals surface area contributed by atoms with Crippen molar-refractivity contribution in [3.63, 3.8) is 0 Å². The number of ether oxygens (including phenoxy) is 1. The van der Waals surface area contributed by atoms with Crippen molar-refractivity contribution in [3.8, 4) is 5.75 Å². The number of aliphatic carboxylic acids is 1. The molecule has 3 N–H and O–H groups in total. The van der Waals surface area contributed by atoms with Crippen LogP contribution in [0.5, 0.6) is 5.75 Å². The molecule has 0 fully saturated rings. The third-order valence-corrected chi connectivity index (χ3v) is 2.63. The number of rotatable bonds is 5. The maximum atomic E-state index is 13.4. The van der Waals surface area contributed by atoms with Crippen LogP contribution in [-0.2, 0) is 11.3 Å². The highest BCUT2D eigenvalue weighted by atomic mass is 19.1. The van der Waals surface area contributed by atoms with Crippen molar-refractivity contribution in [1.82, 2.24) is 10.6 Å². The van der Waals surface area contributed by atoms with Gasteiger partial charge in [-0.15, -0.1) is 0 Å². The lowest BCUT2D eigenvalue weighted by molar-refractivity contribution is -0.142. The van der Waals surface area contributed by atoms with Gasteiger partial charge in [0.25, 0.3) is 0 Å². The highest BCUT2D eigenvalue weighted by Crippen LogP contribution is 2.17. The average molecular weight is 284 g/mol. The predicted molar refractivity (Wildman–Crippen MR) is 70.0 cm³/mol. The first-order valence-electron chi connectivity index (χ1n) is 5.88. The maximum Gasteiger partial charge on any atom is 0.328 e. The van der Waals surface area contributed by atoms with Crippen LogP contribution in [0.4, 0.5) is 9.18 Å². The van der Waals surface area contributed by atoms with Crippen LogP contribution >= 0.6 is 0 Å². The molecule has 0 spiro atoms. The smallest absolute Gasteiger partial charge is 0.328 e. The van der Waals surface area contributed by atoms with Gasteiger partial charge in [-0.1, -0.05) is 6.07 Å². The van der Waals surface area contributed by atoms with Gasteiger partial charge in [-0.05, 0) is 31.5 Å². The maximum absolute atomic E-state index is 13.4. The summed E-state index contributed by atoms with van der Waals surface area (Å²) < 4.78 is 18.2. The van der Waals surface area contributed by atoms with Gasteiger partial charge >= 0.3 is 12.0 Å². The fraction of sp³-hybridized carbons (Fsp3) is 0.385. The Morgan fingerprint density at radius 1 is 1.40 bits per heavy atom. The van der Waals surface area contributed by atoms with E-state index in [-0.39, 0.29) is 12.3 Å². The molecule has 20 heavy (non-hydrogen) atoms. The summed E-state index contributed by atoms with van der Waals surface area (Å²) in [5, 5.41) is 13.6. The van der Waals surface area contributed by atoms with Gasteiger partial charge in [-0.3, -0.25) is 0 Å². The number of carbonyl (C=O) groups is 2. The van der Waals surface area contributed by atoms with E-state index in [4.69, 9.17) is 9.84 Å². The molecule has 0 aliphatic rings. The molecule has 0 bridgehead atoms. The summed E-state index contributed by atoms with van der Waals surface area (Å²) in [7, 11) is 1.36. The molecule has 0 aliphatic carbocycles. The first kappa shape index (κ1) is 15.7. The summed E-state index contributed by atoms with van der Waals surface area (Å²) in [4.78, 5) is 22.4. The summed E-state index contributed by atoms with van der Waals surface area (Å²) in [5.74, 6) is -1.56. The zero-order valence-electron chi connectivity index (χ0n) is 11.5. The molecule has 1 rings (SSSR count). The van der Waals surface area contributed by atoms with E-state index < -0.39 is 23.4 Å². The van der Waals surface area contributed by atoms with Crippen LogP contribution < -0.4 is 15.4 Å². The first-order valence-corrected chi connectivity index (χ1v) is 5.88. The number of benzene rings is 1. The van der Waals surface area contributed by atoms with E-state index in [1.807, 2.05) is 0 Å². The number of carboxylic acid groups (broad SMARTS) is 1. The monoisotopic (exact) mass is 284 g/mol. The van der Waals surface area contributed by atoms with Crippen molar-refractivity contribution in [3.05, 3.63) is 29.6 Å². The number of hydrogen-bond donors (Lipinski definition) is 3. The number of halogens is 1. The molecule has 0 saturated carbocycles. The first-order chi connectivity index (χ1) is 9.26. The van der Waals surface area contributed by atoms with Gasteiger partial charge in [0.15, 0.2) is 11.6 Å². The standard InChI is InChI=1S/C13H17FN2O4/c1-13(2,11(17)18)16-12(19)15-7-8-4-5-10(20-3)9(14)6-8/h4-6H,7H2,1-3H3,(H,17,18)(H2,15,16,19). The van der Waals surface area contributed by atoms with Crippen LogP contribution in [0, 0.1) is 5.82 Å². The molecular weight excluding hydrogens is 267 g/mol. The van der Waals surface area contributed by atoms with Gasteiger partial charge in [-0.25, -0.2) is 14.0 Å². The molecule has 6 nitrogen and oxygen atoms in total. The van der Waals surface area contributed by atoms with Crippen LogP contribution in [0.2, 0.25) is 0 Å². The fourth-order valence-corrected chi connectivity index (χ4v) is 1.38. The van der Waals surface area contributed by atoms with Gasteiger partial charge in [0, 0.05) is 6.54 Å². The Hall–Kier alpha value is -2.31. The van der Waals surface area contributed by atoms with E-state index in [1.165, 1.54) is 33.1 Å². The lowest BCUT2D eigenvalue weighted by Gasteiger charge is -2.21. The summed E-state index contributed by atoms with van der Waals surface area (Å²) in [6.07, 6.45) is 0. The number of carboxylic acids is 1. The van der Waals surface area contributed by atoms with Gasteiger partial charge < -0.3 is 20.5 Å². The van der Waals surface area contributed by atoms with Crippen LogP contribution in [0.1, 0.15) is 19.4 Å². The second-order valence-corrected chi connectivity index (χ2v) is 4.71. The normalized spacial score (nSPS) is 10.8. The van der Waals surface area contributed by atoms with E-state index in [0.717, 1.165) is 0 Å². The van der Waals surface area contributed by atoms with Crippen molar-refractivity contribution < 1.29 is 23.8 Å². The minimum Gasteiger partial charge on any atom is -0.494 e. The molecule has 0 heterocycles. The lowest BCUT2D eigenvalue weighted by atomic mass is 10.1. The van der Waals surface area contributed by atoms with E-state index >= 15 is 0 Å². The Morgan fingerprint density at radius 3 is 2.55 bits per heavy atom. The fourth-order valence-electron chi connectivity index (χ4n) is 1.38. The molecule has 2 amide bonds. The Kier molecular flexibility index (Phi) is 4.90. The van der Waals surface area contributed by atoms with Crippen molar-refractivity contribution in [2.45, 2.75) is 25.9 Å². The minimum atomic E-state index is -1.38. The number of urea groups is 1. The molecule has 1 aromatic rings. The van der Waals surface area contributed by atoms with Crippen molar-refractivity contribution in [2.75, 3.05) is 7.11 Å². The van der Waals surface area contributed by atoms with Gasteiger partial charge in [0.05, 0.1) is 7.11 Å². The molecule has 0 aromatic heterocycles. The number of hydrogen-bond acceptors (Lipinski definition) is 3. The topological polar surface area (TPSA) is 87.7 Å². The molecular formula is C13H17FN2O4. The molecule has 0 unspecified atom stereocenters. The van der Waals surface area contributed by atoms with Gasteiger partial charge in [0.1, 0.15) is 5.54 Å². The average Bonchev–Trinajstić information content (AvgIpc) is 2.35. The number of carbonyl (C=O) groups excluding carboxylic acids is 1. The molecule has 0 saturated heterocycles. The largest absolute Gasteiger partial charge is 0.494 e. The SMILES string of the molecule is COc1ccc(CNC(=O)NC(C)(C)C(=O)O)cc1F. The van der Waals surface area contributed by atoms with Crippen molar-refractivity contribution >= 4 is 12.0 Å². The molecule has 0 aliphatic heterocycles. The number of nitrogens with one attached hydrogen (secondary N) is 2. The second-order valence-electron chi connectivity index (χ2n) is 4.71. The zero-order chi connectivity index (χ0) is 15.3. The van der Waals surface area contributed by atoms with Crippen LogP contribution in [0.15, 0.2) is 18.2 Å². The number of amides is 2. The van der Waals surface area contributed by atoms with Gasteiger partial charge in [0.2, 0.25) is 0 Å². The summed E-state index contributed by atoms with van der Waals surface area (Å²) >= 11 is 0. The predicted octanol–water partition coefficient (Wildman–Crippen LogP) is 1.50.